The van der Waals surface area contributed by atoms with E-state index in [-0.39, 0.29) is 17.9 Å². The lowest BCUT2D eigenvalue weighted by atomic mass is 9.64. The Morgan fingerprint density at radius 1 is 1.23 bits per heavy atom. The van der Waals surface area contributed by atoms with E-state index in [0.29, 0.717) is 30.1 Å². The fourth-order valence-corrected chi connectivity index (χ4v) is 5.17. The topological polar surface area (TPSA) is 96.3 Å². The van der Waals surface area contributed by atoms with E-state index in [1.165, 1.54) is 0 Å². The van der Waals surface area contributed by atoms with Crippen LogP contribution in [0, 0.1) is 11.3 Å². The van der Waals surface area contributed by atoms with Crippen LogP contribution in [0.25, 0.3) is 5.69 Å². The molecule has 8 heteroatoms. The van der Waals surface area contributed by atoms with Crippen LogP contribution in [0.3, 0.4) is 0 Å². The van der Waals surface area contributed by atoms with E-state index in [2.05, 4.69) is 36.5 Å². The molecule has 1 aliphatic heterocycles. The third kappa shape index (κ3) is 3.69. The second-order valence-corrected chi connectivity index (χ2v) is 9.27. The molecular formula is C22H27N5O3. The number of hydrogen-bond acceptors (Lipinski definition) is 4. The molecule has 2 unspecified atom stereocenters. The van der Waals surface area contributed by atoms with Crippen LogP contribution in [0.1, 0.15) is 40.0 Å². The van der Waals surface area contributed by atoms with Crippen molar-refractivity contribution in [3.05, 3.63) is 42.7 Å². The van der Waals surface area contributed by atoms with Crippen LogP contribution in [-0.2, 0) is 9.59 Å². The predicted octanol–water partition coefficient (Wildman–Crippen LogP) is 2.95. The molecule has 2 aromatic rings. The number of urea groups is 1. The first-order valence-electron chi connectivity index (χ1n) is 10.2. The molecule has 0 bridgehead atoms. The number of amides is 4. The number of carbonyl (C=O) groups is 3. The third-order valence-electron chi connectivity index (χ3n) is 5.86. The Bertz CT molecular complexity index is 984. The van der Waals surface area contributed by atoms with Crippen LogP contribution in [0.2, 0.25) is 0 Å². The summed E-state index contributed by atoms with van der Waals surface area (Å²) in [5.74, 6) is -0.423. The fourth-order valence-electron chi connectivity index (χ4n) is 5.17. The molecule has 158 valence electrons. The molecule has 1 aliphatic carbocycles. The highest BCUT2D eigenvalue weighted by Gasteiger charge is 2.56. The Balaban J connectivity index is 1.50. The molecule has 8 nitrogen and oxygen atoms in total. The van der Waals surface area contributed by atoms with Gasteiger partial charge >= 0.3 is 6.03 Å². The van der Waals surface area contributed by atoms with Gasteiger partial charge in [-0.3, -0.25) is 14.5 Å². The molecule has 2 fully saturated rings. The van der Waals surface area contributed by atoms with Crippen LogP contribution < -0.4 is 10.6 Å². The fraction of sp³-hybridized carbons (Fsp3) is 0.455. The summed E-state index contributed by atoms with van der Waals surface area (Å²) in [5.41, 5.74) is 0.292. The highest BCUT2D eigenvalue weighted by Crippen LogP contribution is 2.46. The average molecular weight is 409 g/mol. The quantitative estimate of drug-likeness (QED) is 0.759. The summed E-state index contributed by atoms with van der Waals surface area (Å²) in [6.45, 7) is 6.01. The van der Waals surface area contributed by atoms with Gasteiger partial charge < -0.3 is 10.6 Å². The second-order valence-electron chi connectivity index (χ2n) is 9.27. The lowest BCUT2D eigenvalue weighted by Crippen LogP contribution is -2.54. The number of nitrogens with one attached hydrogen (secondary N) is 2. The molecule has 4 rings (SSSR count). The van der Waals surface area contributed by atoms with Gasteiger partial charge in [0.25, 0.3) is 5.91 Å². The molecular weight excluding hydrogens is 382 g/mol. The van der Waals surface area contributed by atoms with Crippen molar-refractivity contribution in [3.63, 3.8) is 0 Å². The van der Waals surface area contributed by atoms with Crippen molar-refractivity contribution in [1.82, 2.24) is 20.0 Å². The normalized spacial score (nSPS) is 25.4. The van der Waals surface area contributed by atoms with E-state index in [1.807, 2.05) is 12.1 Å². The zero-order valence-electron chi connectivity index (χ0n) is 17.5. The van der Waals surface area contributed by atoms with Gasteiger partial charge in [0.05, 0.1) is 11.4 Å². The Morgan fingerprint density at radius 3 is 2.70 bits per heavy atom. The van der Waals surface area contributed by atoms with Gasteiger partial charge in [-0.15, -0.1) is 0 Å². The molecule has 1 saturated heterocycles. The Morgan fingerprint density at radius 2 is 2.00 bits per heavy atom. The minimum atomic E-state index is -0.911. The van der Waals surface area contributed by atoms with Crippen molar-refractivity contribution < 1.29 is 14.4 Å². The molecule has 30 heavy (non-hydrogen) atoms. The molecule has 1 saturated carbocycles. The lowest BCUT2D eigenvalue weighted by molar-refractivity contribution is -0.136. The number of imide groups is 1. The molecule has 2 heterocycles. The maximum atomic E-state index is 13.2. The number of carbonyl (C=O) groups excluding carboxylic acids is 3. The second kappa shape index (κ2) is 7.27. The molecule has 1 aromatic heterocycles. The van der Waals surface area contributed by atoms with E-state index >= 15 is 0 Å². The Hall–Kier alpha value is -3.16. The molecule has 2 N–H and O–H groups in total. The van der Waals surface area contributed by atoms with Gasteiger partial charge in [0, 0.05) is 12.4 Å². The zero-order valence-corrected chi connectivity index (χ0v) is 17.5. The molecule has 1 aromatic carbocycles. The first kappa shape index (κ1) is 20.1. The summed E-state index contributed by atoms with van der Waals surface area (Å²) in [4.78, 5) is 39.6. The van der Waals surface area contributed by atoms with E-state index in [1.54, 1.807) is 35.3 Å². The van der Waals surface area contributed by atoms with E-state index in [9.17, 15) is 14.4 Å². The minimum absolute atomic E-state index is 0.0540. The van der Waals surface area contributed by atoms with Gasteiger partial charge in [0.1, 0.15) is 12.1 Å². The number of nitrogens with zero attached hydrogens (tertiary/aromatic N) is 3. The lowest BCUT2D eigenvalue weighted by Gasteiger charge is -2.43. The van der Waals surface area contributed by atoms with Crippen molar-refractivity contribution >= 4 is 23.5 Å². The highest BCUT2D eigenvalue weighted by molar-refractivity contribution is 6.10. The van der Waals surface area contributed by atoms with Crippen LogP contribution >= 0.6 is 0 Å². The molecule has 2 atom stereocenters. The monoisotopic (exact) mass is 409 g/mol. The average Bonchev–Trinajstić information content (AvgIpc) is 3.24. The molecule has 0 radical (unpaired) electrons. The van der Waals surface area contributed by atoms with E-state index in [0.717, 1.165) is 11.3 Å². The van der Waals surface area contributed by atoms with Gasteiger partial charge in [0.2, 0.25) is 5.91 Å². The number of rotatable bonds is 4. The van der Waals surface area contributed by atoms with Gasteiger partial charge in [-0.1, -0.05) is 32.9 Å². The third-order valence-corrected chi connectivity index (χ3v) is 5.86. The minimum Gasteiger partial charge on any atom is -0.323 e. The Kier molecular flexibility index (Phi) is 4.88. The SMILES string of the molecule is CC1CC(C)(C)CC2(C1)NC(=O)N(CC(=O)Nc1ccccc1-n1cccn1)C2=O. The summed E-state index contributed by atoms with van der Waals surface area (Å²) in [6, 6.07) is 8.53. The smallest absolute Gasteiger partial charge is 0.323 e. The predicted molar refractivity (Wildman–Crippen MR) is 112 cm³/mol. The van der Waals surface area contributed by atoms with Gasteiger partial charge in [0.15, 0.2) is 0 Å². The van der Waals surface area contributed by atoms with E-state index < -0.39 is 17.5 Å². The summed E-state index contributed by atoms with van der Waals surface area (Å²) >= 11 is 0. The van der Waals surface area contributed by atoms with Crippen LogP contribution in [0.5, 0.6) is 0 Å². The van der Waals surface area contributed by atoms with Gasteiger partial charge in [-0.05, 0) is 48.8 Å². The number of benzene rings is 1. The van der Waals surface area contributed by atoms with Crippen molar-refractivity contribution in [2.75, 3.05) is 11.9 Å². The first-order chi connectivity index (χ1) is 14.2. The van der Waals surface area contributed by atoms with Crippen LogP contribution in [-0.4, -0.2) is 44.6 Å². The van der Waals surface area contributed by atoms with Crippen molar-refractivity contribution in [3.8, 4) is 5.69 Å². The summed E-state index contributed by atoms with van der Waals surface area (Å²) in [5, 5.41) is 9.91. The largest absolute Gasteiger partial charge is 0.325 e. The summed E-state index contributed by atoms with van der Waals surface area (Å²) < 4.78 is 1.64. The van der Waals surface area contributed by atoms with Crippen molar-refractivity contribution in [2.24, 2.45) is 11.3 Å². The van der Waals surface area contributed by atoms with Gasteiger partial charge in [-0.2, -0.15) is 5.10 Å². The van der Waals surface area contributed by atoms with E-state index in [4.69, 9.17) is 0 Å². The maximum absolute atomic E-state index is 13.2. The summed E-state index contributed by atoms with van der Waals surface area (Å²) in [7, 11) is 0. The standard InChI is InChI=1S/C22H27N5O3/c1-15-11-21(2,3)14-22(12-15)19(29)26(20(30)25-22)13-18(28)24-16-7-4-5-8-17(16)27-10-6-9-23-27/h4-10,15H,11-14H2,1-3H3,(H,24,28)(H,25,30). The zero-order chi connectivity index (χ0) is 21.5. The molecule has 4 amide bonds. The number of anilines is 1. The number of hydrogen-bond donors (Lipinski definition) is 2. The van der Waals surface area contributed by atoms with Crippen LogP contribution in [0.4, 0.5) is 10.5 Å². The van der Waals surface area contributed by atoms with Gasteiger partial charge in [-0.25, -0.2) is 9.48 Å². The Labute approximate surface area is 175 Å². The highest BCUT2D eigenvalue weighted by atomic mass is 16.2. The van der Waals surface area contributed by atoms with Crippen molar-refractivity contribution in [2.45, 2.75) is 45.6 Å². The maximum Gasteiger partial charge on any atom is 0.325 e. The summed E-state index contributed by atoms with van der Waals surface area (Å²) in [6.07, 6.45) is 5.61. The van der Waals surface area contributed by atoms with Crippen molar-refractivity contribution in [1.29, 1.82) is 0 Å². The van der Waals surface area contributed by atoms with Crippen LogP contribution in [0.15, 0.2) is 42.7 Å². The number of para-hydroxylation sites is 2. The first-order valence-corrected chi connectivity index (χ1v) is 10.2. The molecule has 1 spiro atoms. The number of aromatic nitrogens is 2. The molecule has 2 aliphatic rings.